The third kappa shape index (κ3) is 3.59. The lowest BCUT2D eigenvalue weighted by molar-refractivity contribution is -0.0749. The van der Waals surface area contributed by atoms with E-state index in [-0.39, 0.29) is 27.5 Å². The van der Waals surface area contributed by atoms with Crippen molar-refractivity contribution in [3.05, 3.63) is 85.2 Å². The van der Waals surface area contributed by atoms with Crippen LogP contribution in [0.5, 0.6) is 0 Å². The SMILES string of the molecule is Cc1nnc(C23CC(c4cc5c([C@@H](C)Nc6ccc(F)cc6C(F)F)cc(F)cc5c(=O)n4C)(C2)C3)s1. The van der Waals surface area contributed by atoms with Gasteiger partial charge in [0.15, 0.2) is 0 Å². The molecule has 0 amide bonds. The average molecular weight is 529 g/mol. The number of hydrogen-bond acceptors (Lipinski definition) is 5. The molecule has 0 radical (unpaired) electrons. The molecule has 2 bridgehead atoms. The molecule has 3 fully saturated rings. The Kier molecular flexibility index (Phi) is 5.28. The molecule has 10 heteroatoms. The number of pyridine rings is 1. The van der Waals surface area contributed by atoms with Gasteiger partial charge in [0.2, 0.25) is 0 Å². The molecular formula is C27H24F4N4OS. The van der Waals surface area contributed by atoms with Crippen LogP contribution in [0.3, 0.4) is 0 Å². The van der Waals surface area contributed by atoms with E-state index in [1.807, 2.05) is 13.0 Å². The van der Waals surface area contributed by atoms with Crippen LogP contribution in [-0.2, 0) is 17.9 Å². The molecule has 7 rings (SSSR count). The number of fused-ring (bicyclic) bond motifs is 1. The Morgan fingerprint density at radius 1 is 0.973 bits per heavy atom. The first-order chi connectivity index (χ1) is 17.5. The number of rotatable bonds is 6. The number of anilines is 1. The summed E-state index contributed by atoms with van der Waals surface area (Å²) in [5, 5.41) is 14.2. The summed E-state index contributed by atoms with van der Waals surface area (Å²) in [5.74, 6) is -1.36. The molecule has 1 N–H and O–H groups in total. The van der Waals surface area contributed by atoms with Gasteiger partial charge in [0, 0.05) is 40.9 Å². The van der Waals surface area contributed by atoms with Gasteiger partial charge in [0.05, 0.1) is 5.39 Å². The fourth-order valence-corrected chi connectivity index (χ4v) is 7.20. The van der Waals surface area contributed by atoms with E-state index in [1.54, 1.807) is 29.9 Å². The van der Waals surface area contributed by atoms with Gasteiger partial charge in [-0.3, -0.25) is 4.79 Å². The molecule has 192 valence electrons. The largest absolute Gasteiger partial charge is 0.378 e. The predicted molar refractivity (Wildman–Crippen MR) is 134 cm³/mol. The third-order valence-corrected chi connectivity index (χ3v) is 9.08. The van der Waals surface area contributed by atoms with Crippen molar-refractivity contribution in [3.8, 4) is 0 Å². The number of aryl methyl sites for hydroxylation is 1. The van der Waals surface area contributed by atoms with E-state index in [1.165, 1.54) is 18.2 Å². The molecule has 0 aliphatic heterocycles. The summed E-state index contributed by atoms with van der Waals surface area (Å²) in [5.41, 5.74) is 0.466. The first-order valence-electron chi connectivity index (χ1n) is 12.0. The number of nitrogens with one attached hydrogen (secondary N) is 1. The van der Waals surface area contributed by atoms with Gasteiger partial charge in [0.25, 0.3) is 12.0 Å². The second kappa shape index (κ2) is 8.11. The lowest BCUT2D eigenvalue weighted by atomic mass is 9.34. The van der Waals surface area contributed by atoms with Crippen molar-refractivity contribution < 1.29 is 17.6 Å². The molecule has 0 saturated heterocycles. The van der Waals surface area contributed by atoms with Gasteiger partial charge < -0.3 is 9.88 Å². The van der Waals surface area contributed by atoms with Crippen LogP contribution in [0.2, 0.25) is 0 Å². The third-order valence-electron chi connectivity index (χ3n) is 7.99. The minimum Gasteiger partial charge on any atom is -0.378 e. The summed E-state index contributed by atoms with van der Waals surface area (Å²) in [6.45, 7) is 3.64. The van der Waals surface area contributed by atoms with Gasteiger partial charge in [-0.1, -0.05) is 0 Å². The van der Waals surface area contributed by atoms with Gasteiger partial charge in [0.1, 0.15) is 21.6 Å². The molecular weight excluding hydrogens is 504 g/mol. The highest BCUT2D eigenvalue weighted by Crippen LogP contribution is 2.74. The van der Waals surface area contributed by atoms with Crippen molar-refractivity contribution in [2.24, 2.45) is 7.05 Å². The summed E-state index contributed by atoms with van der Waals surface area (Å²) >= 11 is 1.61. The zero-order valence-corrected chi connectivity index (χ0v) is 21.2. The smallest absolute Gasteiger partial charge is 0.265 e. The summed E-state index contributed by atoms with van der Waals surface area (Å²) in [6.07, 6.45) is -0.289. The minimum absolute atomic E-state index is 0.00562. The monoisotopic (exact) mass is 528 g/mol. The highest BCUT2D eigenvalue weighted by molar-refractivity contribution is 7.11. The van der Waals surface area contributed by atoms with E-state index in [4.69, 9.17) is 0 Å². The van der Waals surface area contributed by atoms with Crippen LogP contribution in [0.1, 0.15) is 65.5 Å². The van der Waals surface area contributed by atoms with Crippen LogP contribution >= 0.6 is 11.3 Å². The van der Waals surface area contributed by atoms with Crippen LogP contribution in [0.15, 0.2) is 41.2 Å². The van der Waals surface area contributed by atoms with Crippen LogP contribution in [-0.4, -0.2) is 14.8 Å². The zero-order chi connectivity index (χ0) is 26.3. The number of benzene rings is 2. The molecule has 5 nitrogen and oxygen atoms in total. The highest BCUT2D eigenvalue weighted by Gasteiger charge is 2.71. The Hall–Kier alpha value is -3.27. The molecule has 3 aliphatic carbocycles. The normalized spacial score (nSPS) is 23.1. The summed E-state index contributed by atoms with van der Waals surface area (Å²) in [7, 11) is 1.71. The summed E-state index contributed by atoms with van der Waals surface area (Å²) in [4.78, 5) is 13.4. The standard InChI is InChI=1S/C27H24F4N4OS/c1-13(32-21-5-4-15(28)6-20(21)23(30)31)17-7-16(29)8-19-18(17)9-22(35(3)24(19)36)26-10-27(11-26,12-26)25-34-33-14(2)37-25/h4-9,13,23,32H,10-12H2,1-3H3/t13-,26?,27?/m1/s1. The Morgan fingerprint density at radius 2 is 1.68 bits per heavy atom. The van der Waals surface area contributed by atoms with Crippen LogP contribution in [0.4, 0.5) is 23.2 Å². The fraction of sp³-hybridized carbons (Fsp3) is 0.370. The van der Waals surface area contributed by atoms with Gasteiger partial charge in [-0.05, 0) is 80.5 Å². The maximum Gasteiger partial charge on any atom is 0.265 e. The second-order valence-corrected chi connectivity index (χ2v) is 11.6. The van der Waals surface area contributed by atoms with Crippen molar-refractivity contribution in [2.75, 3.05) is 5.32 Å². The predicted octanol–water partition coefficient (Wildman–Crippen LogP) is 6.46. The Morgan fingerprint density at radius 3 is 2.32 bits per heavy atom. The first kappa shape index (κ1) is 24.1. The van der Waals surface area contributed by atoms with Gasteiger partial charge >= 0.3 is 0 Å². The van der Waals surface area contributed by atoms with E-state index in [0.717, 1.165) is 47.1 Å². The molecule has 1 atom stereocenters. The van der Waals surface area contributed by atoms with E-state index < -0.39 is 29.7 Å². The van der Waals surface area contributed by atoms with Gasteiger partial charge in [-0.15, -0.1) is 21.5 Å². The molecule has 2 aromatic carbocycles. The van der Waals surface area contributed by atoms with Crippen molar-refractivity contribution in [1.29, 1.82) is 0 Å². The second-order valence-electron chi connectivity index (χ2n) is 10.5. The fourth-order valence-electron chi connectivity index (χ4n) is 6.32. The number of aromatic nitrogens is 3. The molecule has 4 aromatic rings. The molecule has 2 heterocycles. The van der Waals surface area contributed by atoms with Crippen molar-refractivity contribution in [1.82, 2.24) is 14.8 Å². The average Bonchev–Trinajstić information content (AvgIpc) is 3.22. The Balaban J connectivity index is 1.40. The van der Waals surface area contributed by atoms with Crippen molar-refractivity contribution in [2.45, 2.75) is 56.4 Å². The van der Waals surface area contributed by atoms with Gasteiger partial charge in [-0.2, -0.15) is 0 Å². The molecule has 3 aliphatic rings. The van der Waals surface area contributed by atoms with Crippen molar-refractivity contribution >= 4 is 27.8 Å². The molecule has 2 aromatic heterocycles. The summed E-state index contributed by atoms with van der Waals surface area (Å²) < 4.78 is 57.0. The number of nitrogens with zero attached hydrogens (tertiary/aromatic N) is 3. The first-order valence-corrected chi connectivity index (χ1v) is 12.8. The summed E-state index contributed by atoms with van der Waals surface area (Å²) in [6, 6.07) is 6.97. The molecule has 37 heavy (non-hydrogen) atoms. The van der Waals surface area contributed by atoms with Crippen LogP contribution < -0.4 is 10.9 Å². The maximum absolute atomic E-state index is 14.7. The lowest BCUT2D eigenvalue weighted by Crippen LogP contribution is -2.68. The molecule has 3 saturated carbocycles. The minimum atomic E-state index is -2.89. The van der Waals surface area contributed by atoms with E-state index in [0.29, 0.717) is 10.9 Å². The van der Waals surface area contributed by atoms with Crippen LogP contribution in [0, 0.1) is 18.6 Å². The Labute approximate surface area is 214 Å². The highest BCUT2D eigenvalue weighted by atomic mass is 32.1. The van der Waals surface area contributed by atoms with E-state index in [9.17, 15) is 22.4 Å². The Bertz CT molecular complexity index is 1610. The number of alkyl halides is 2. The van der Waals surface area contributed by atoms with Gasteiger partial charge in [-0.25, -0.2) is 17.6 Å². The topological polar surface area (TPSA) is 59.8 Å². The van der Waals surface area contributed by atoms with Crippen molar-refractivity contribution in [3.63, 3.8) is 0 Å². The maximum atomic E-state index is 14.7. The van der Waals surface area contributed by atoms with Crippen LogP contribution in [0.25, 0.3) is 10.8 Å². The molecule has 0 spiro atoms. The number of hydrogen-bond donors (Lipinski definition) is 1. The van der Waals surface area contributed by atoms with E-state index >= 15 is 0 Å². The zero-order valence-electron chi connectivity index (χ0n) is 20.4. The van der Waals surface area contributed by atoms with E-state index in [2.05, 4.69) is 15.5 Å². The lowest BCUT2D eigenvalue weighted by Gasteiger charge is -2.69. The molecule has 0 unspecified atom stereocenters. The number of halogens is 4. The quantitative estimate of drug-likeness (QED) is 0.292.